The lowest BCUT2D eigenvalue weighted by molar-refractivity contribution is 0.0237. The number of nitrogens with zero attached hydrogens (tertiary/aromatic N) is 1. The summed E-state index contributed by atoms with van der Waals surface area (Å²) in [4.78, 5) is 16.3. The van der Waals surface area contributed by atoms with Gasteiger partial charge >= 0.3 is 0 Å². The molecule has 1 aliphatic heterocycles. The first kappa shape index (κ1) is 14.5. The lowest BCUT2D eigenvalue weighted by atomic mass is 10.1. The number of rotatable bonds is 4. The molecular formula is C17H18N2O3. The molecule has 5 nitrogen and oxygen atoms in total. The van der Waals surface area contributed by atoms with Crippen molar-refractivity contribution in [1.29, 1.82) is 0 Å². The molecule has 0 unspecified atom stereocenters. The zero-order valence-electron chi connectivity index (χ0n) is 12.2. The number of amides is 1. The van der Waals surface area contributed by atoms with E-state index in [2.05, 4.69) is 10.3 Å². The topological polar surface area (TPSA) is 60.5 Å². The Balaban J connectivity index is 1.59. The van der Waals surface area contributed by atoms with Crippen molar-refractivity contribution < 1.29 is 14.3 Å². The molecule has 1 saturated heterocycles. The van der Waals surface area contributed by atoms with Crippen molar-refractivity contribution >= 4 is 11.6 Å². The Labute approximate surface area is 129 Å². The van der Waals surface area contributed by atoms with Gasteiger partial charge in [-0.3, -0.25) is 4.79 Å². The van der Waals surface area contributed by atoms with E-state index >= 15 is 0 Å². The summed E-state index contributed by atoms with van der Waals surface area (Å²) >= 11 is 0. The van der Waals surface area contributed by atoms with Gasteiger partial charge in [0, 0.05) is 30.8 Å². The summed E-state index contributed by atoms with van der Waals surface area (Å²) in [5.41, 5.74) is 1.26. The number of hydrogen-bond donors (Lipinski definition) is 1. The average Bonchev–Trinajstić information content (AvgIpc) is 2.57. The third-order valence-electron chi connectivity index (χ3n) is 3.49. The van der Waals surface area contributed by atoms with Crippen molar-refractivity contribution in [2.24, 2.45) is 0 Å². The number of carbonyl (C=O) groups excluding carboxylic acids is 1. The summed E-state index contributed by atoms with van der Waals surface area (Å²) < 4.78 is 11.1. The van der Waals surface area contributed by atoms with E-state index in [0.717, 1.165) is 31.7 Å². The van der Waals surface area contributed by atoms with Gasteiger partial charge in [-0.15, -0.1) is 0 Å². The number of para-hydroxylation sites is 1. The summed E-state index contributed by atoms with van der Waals surface area (Å²) in [6.45, 7) is 1.45. The van der Waals surface area contributed by atoms with Gasteiger partial charge in [-0.25, -0.2) is 4.98 Å². The van der Waals surface area contributed by atoms with Gasteiger partial charge in [0.15, 0.2) is 0 Å². The predicted octanol–water partition coefficient (Wildman–Crippen LogP) is 2.89. The molecular weight excluding hydrogens is 280 g/mol. The minimum Gasteiger partial charge on any atom is -0.474 e. The van der Waals surface area contributed by atoms with Gasteiger partial charge in [0.05, 0.1) is 18.8 Å². The molecule has 0 aliphatic carbocycles. The maximum absolute atomic E-state index is 12.1. The van der Waals surface area contributed by atoms with Crippen molar-refractivity contribution in [2.45, 2.75) is 18.9 Å². The molecule has 1 N–H and O–H groups in total. The molecule has 22 heavy (non-hydrogen) atoms. The Hall–Kier alpha value is -2.40. The van der Waals surface area contributed by atoms with Crippen LogP contribution in [0.25, 0.3) is 0 Å². The summed E-state index contributed by atoms with van der Waals surface area (Å²) in [7, 11) is 0. The van der Waals surface area contributed by atoms with E-state index in [-0.39, 0.29) is 12.0 Å². The third kappa shape index (κ3) is 3.83. The van der Waals surface area contributed by atoms with Gasteiger partial charge in [0.2, 0.25) is 5.88 Å². The summed E-state index contributed by atoms with van der Waals surface area (Å²) in [6.07, 6.45) is 3.42. The highest BCUT2D eigenvalue weighted by Gasteiger charge is 2.16. The molecule has 1 aliphatic rings. The fourth-order valence-corrected chi connectivity index (χ4v) is 2.27. The normalized spacial score (nSPS) is 15.3. The predicted molar refractivity (Wildman–Crippen MR) is 83.1 cm³/mol. The molecule has 2 heterocycles. The minimum absolute atomic E-state index is 0.144. The molecule has 1 aromatic carbocycles. The van der Waals surface area contributed by atoms with Crippen LogP contribution in [-0.4, -0.2) is 30.2 Å². The highest BCUT2D eigenvalue weighted by molar-refractivity contribution is 6.04. The monoisotopic (exact) mass is 298 g/mol. The summed E-state index contributed by atoms with van der Waals surface area (Å²) in [6, 6.07) is 12.8. The number of ether oxygens (including phenoxy) is 2. The Morgan fingerprint density at radius 1 is 1.14 bits per heavy atom. The van der Waals surface area contributed by atoms with Crippen molar-refractivity contribution in [3.8, 4) is 5.88 Å². The van der Waals surface area contributed by atoms with Crippen LogP contribution in [0.15, 0.2) is 48.7 Å². The molecule has 1 fully saturated rings. The molecule has 1 amide bonds. The van der Waals surface area contributed by atoms with Crippen molar-refractivity contribution in [3.63, 3.8) is 0 Å². The average molecular weight is 298 g/mol. The summed E-state index contributed by atoms with van der Waals surface area (Å²) in [5.74, 6) is 0.361. The van der Waals surface area contributed by atoms with Crippen LogP contribution in [0, 0.1) is 0 Å². The number of anilines is 1. The first-order chi connectivity index (χ1) is 10.8. The Kier molecular flexibility index (Phi) is 4.65. The van der Waals surface area contributed by atoms with Crippen molar-refractivity contribution in [2.75, 3.05) is 18.5 Å². The largest absolute Gasteiger partial charge is 0.474 e. The molecule has 1 aromatic heterocycles. The standard InChI is InChI=1S/C17H18N2O3/c20-17(19-14-4-2-1-3-5-14)13-6-7-16(18-12-13)22-15-8-10-21-11-9-15/h1-7,12,15H,8-11H2,(H,19,20). The second-order valence-corrected chi connectivity index (χ2v) is 5.13. The molecule has 114 valence electrons. The highest BCUT2D eigenvalue weighted by atomic mass is 16.5. The SMILES string of the molecule is O=C(Nc1ccccc1)c1ccc(OC2CCOCC2)nc1. The minimum atomic E-state index is -0.184. The van der Waals surface area contributed by atoms with Crippen LogP contribution >= 0.6 is 0 Å². The fourth-order valence-electron chi connectivity index (χ4n) is 2.27. The first-order valence-corrected chi connectivity index (χ1v) is 7.38. The van der Waals surface area contributed by atoms with E-state index in [4.69, 9.17) is 9.47 Å². The maximum Gasteiger partial charge on any atom is 0.257 e. The number of carbonyl (C=O) groups is 1. The molecule has 0 bridgehead atoms. The zero-order valence-corrected chi connectivity index (χ0v) is 12.2. The van der Waals surface area contributed by atoms with Gasteiger partial charge < -0.3 is 14.8 Å². The molecule has 0 spiro atoms. The van der Waals surface area contributed by atoms with E-state index in [1.54, 1.807) is 12.1 Å². The number of pyridine rings is 1. The van der Waals surface area contributed by atoms with Crippen molar-refractivity contribution in [3.05, 3.63) is 54.2 Å². The van der Waals surface area contributed by atoms with Crippen LogP contribution < -0.4 is 10.1 Å². The van der Waals surface area contributed by atoms with Crippen LogP contribution in [-0.2, 0) is 4.74 Å². The second-order valence-electron chi connectivity index (χ2n) is 5.13. The number of aromatic nitrogens is 1. The van der Waals surface area contributed by atoms with Crippen LogP contribution in [0.1, 0.15) is 23.2 Å². The fraction of sp³-hybridized carbons (Fsp3) is 0.294. The number of hydrogen-bond acceptors (Lipinski definition) is 4. The zero-order chi connectivity index (χ0) is 15.2. The molecule has 0 radical (unpaired) electrons. The lowest BCUT2D eigenvalue weighted by Gasteiger charge is -2.22. The van der Waals surface area contributed by atoms with Gasteiger partial charge in [0.1, 0.15) is 6.10 Å². The van der Waals surface area contributed by atoms with Crippen LogP contribution in [0.2, 0.25) is 0 Å². The number of benzene rings is 1. The Morgan fingerprint density at radius 3 is 2.59 bits per heavy atom. The summed E-state index contributed by atoms with van der Waals surface area (Å²) in [5, 5.41) is 2.82. The molecule has 5 heteroatoms. The van der Waals surface area contributed by atoms with E-state index in [1.807, 2.05) is 30.3 Å². The van der Waals surface area contributed by atoms with Gasteiger partial charge in [0.25, 0.3) is 5.91 Å². The Morgan fingerprint density at radius 2 is 1.91 bits per heavy atom. The van der Waals surface area contributed by atoms with E-state index in [9.17, 15) is 4.79 Å². The third-order valence-corrected chi connectivity index (χ3v) is 3.49. The van der Waals surface area contributed by atoms with Gasteiger partial charge in [-0.05, 0) is 18.2 Å². The van der Waals surface area contributed by atoms with Crippen LogP contribution in [0.5, 0.6) is 5.88 Å². The van der Waals surface area contributed by atoms with E-state index in [1.165, 1.54) is 6.20 Å². The second kappa shape index (κ2) is 7.04. The van der Waals surface area contributed by atoms with Gasteiger partial charge in [-0.1, -0.05) is 18.2 Å². The Bertz CT molecular complexity index is 608. The highest BCUT2D eigenvalue weighted by Crippen LogP contribution is 2.16. The molecule has 0 saturated carbocycles. The van der Waals surface area contributed by atoms with Crippen molar-refractivity contribution in [1.82, 2.24) is 4.98 Å². The smallest absolute Gasteiger partial charge is 0.257 e. The lowest BCUT2D eigenvalue weighted by Crippen LogP contribution is -2.26. The van der Waals surface area contributed by atoms with Crippen LogP contribution in [0.4, 0.5) is 5.69 Å². The molecule has 3 rings (SSSR count). The first-order valence-electron chi connectivity index (χ1n) is 7.38. The molecule has 2 aromatic rings. The van der Waals surface area contributed by atoms with E-state index < -0.39 is 0 Å². The van der Waals surface area contributed by atoms with E-state index in [0.29, 0.717) is 11.4 Å². The maximum atomic E-state index is 12.1. The quantitative estimate of drug-likeness (QED) is 0.943. The van der Waals surface area contributed by atoms with Crippen LogP contribution in [0.3, 0.4) is 0 Å². The number of nitrogens with one attached hydrogen (secondary N) is 1. The van der Waals surface area contributed by atoms with Gasteiger partial charge in [-0.2, -0.15) is 0 Å². The molecule has 0 atom stereocenters.